The minimum absolute atomic E-state index is 0.407. The van der Waals surface area contributed by atoms with Crippen LogP contribution in [0.1, 0.15) is 13.3 Å². The highest BCUT2D eigenvalue weighted by Crippen LogP contribution is 2.44. The van der Waals surface area contributed by atoms with Crippen LogP contribution in [0, 0.1) is 0 Å². The van der Waals surface area contributed by atoms with Crippen LogP contribution in [0.4, 0.5) is 0 Å². The van der Waals surface area contributed by atoms with Gasteiger partial charge < -0.3 is 9.05 Å². The van der Waals surface area contributed by atoms with Gasteiger partial charge in [0, 0.05) is 15.9 Å². The molecule has 0 rings (SSSR count). The highest BCUT2D eigenvalue weighted by atomic mass is 31.2. The van der Waals surface area contributed by atoms with Gasteiger partial charge in [-0.2, -0.15) is 0 Å². The fraction of sp³-hybridized carbons (Fsp3) is 0.714. The van der Waals surface area contributed by atoms with E-state index in [9.17, 15) is 0 Å². The number of rotatable bonds is 7. The molecule has 0 bridgehead atoms. The summed E-state index contributed by atoms with van der Waals surface area (Å²) >= 11 is 0. The van der Waals surface area contributed by atoms with Crippen molar-refractivity contribution in [2.24, 2.45) is 0 Å². The number of hydrogen-bond acceptors (Lipinski definition) is 3. The van der Waals surface area contributed by atoms with E-state index in [4.69, 9.17) is 13.4 Å². The van der Waals surface area contributed by atoms with Gasteiger partial charge in [-0.1, -0.05) is 5.57 Å². The first-order chi connectivity index (χ1) is 5.70. The van der Waals surface area contributed by atoms with Crippen LogP contribution in [0.3, 0.4) is 0 Å². The van der Waals surface area contributed by atoms with Gasteiger partial charge in [-0.25, -0.2) is 0 Å². The highest BCUT2D eigenvalue weighted by molar-refractivity contribution is 7.51. The predicted octanol–water partition coefficient (Wildman–Crippen LogP) is 3.08. The van der Waals surface area contributed by atoms with Crippen molar-refractivity contribution >= 4 is 17.4 Å². The molecule has 0 aliphatic carbocycles. The van der Waals surface area contributed by atoms with Gasteiger partial charge in [0.2, 0.25) is 0 Å². The number of hydrogen-bond donors (Lipinski definition) is 0. The third-order valence-corrected chi connectivity index (χ3v) is 3.06. The first kappa shape index (κ1) is 12.5. The summed E-state index contributed by atoms with van der Waals surface area (Å²) in [5.41, 5.74) is 1.11. The molecule has 0 aliphatic heterocycles. The molecule has 0 radical (unpaired) electrons. The van der Waals surface area contributed by atoms with Gasteiger partial charge in [-0.3, -0.25) is 4.31 Å². The van der Waals surface area contributed by atoms with E-state index in [0.717, 1.165) is 12.0 Å². The lowest BCUT2D eigenvalue weighted by atomic mass is 10.3. The predicted molar refractivity (Wildman–Crippen MR) is 54.6 cm³/mol. The smallest absolute Gasteiger partial charge is 0.315 e. The van der Waals surface area contributed by atoms with E-state index in [1.807, 2.05) is 13.6 Å². The van der Waals surface area contributed by atoms with Crippen molar-refractivity contribution < 1.29 is 13.4 Å². The van der Waals surface area contributed by atoms with E-state index in [1.165, 1.54) is 0 Å². The highest BCUT2D eigenvalue weighted by Gasteiger charge is 2.07. The first-order valence-electron chi connectivity index (χ1n) is 3.66. The summed E-state index contributed by atoms with van der Waals surface area (Å²) in [7, 11) is 0.879. The largest absolute Gasteiger partial charge is 0.335 e. The van der Waals surface area contributed by atoms with E-state index < -0.39 is 8.60 Å². The van der Waals surface area contributed by atoms with Crippen molar-refractivity contribution in [3.63, 3.8) is 0 Å². The van der Waals surface area contributed by atoms with Crippen LogP contribution in [-0.2, 0) is 13.4 Å². The molecular weight excluding hydrogens is 194 g/mol. The zero-order valence-corrected chi connectivity index (χ0v) is 9.69. The molecule has 0 N–H and O–H groups in total. The Hall–Kier alpha value is 0.480. The zero-order chi connectivity index (χ0) is 9.40. The Morgan fingerprint density at radius 1 is 1.58 bits per heavy atom. The van der Waals surface area contributed by atoms with Gasteiger partial charge in [0.1, 0.15) is 0 Å². The molecule has 0 saturated carbocycles. The van der Waals surface area contributed by atoms with Crippen molar-refractivity contribution in [2.45, 2.75) is 13.3 Å². The second-order valence-corrected chi connectivity index (χ2v) is 4.45. The molecular formula is C7H16O3P2. The fourth-order valence-electron chi connectivity index (χ4n) is 0.485. The third kappa shape index (κ3) is 7.15. The van der Waals surface area contributed by atoms with E-state index >= 15 is 0 Å². The van der Waals surface area contributed by atoms with Crippen molar-refractivity contribution in [1.29, 1.82) is 0 Å². The van der Waals surface area contributed by atoms with Gasteiger partial charge >= 0.3 is 8.60 Å². The Morgan fingerprint density at radius 3 is 2.67 bits per heavy atom. The molecule has 5 heteroatoms. The Morgan fingerprint density at radius 2 is 2.25 bits per heavy atom. The van der Waals surface area contributed by atoms with Crippen LogP contribution in [0.2, 0.25) is 0 Å². The van der Waals surface area contributed by atoms with Crippen LogP contribution in [0.25, 0.3) is 0 Å². The minimum atomic E-state index is -1.12. The van der Waals surface area contributed by atoms with Crippen LogP contribution in [0.15, 0.2) is 12.2 Å². The minimum Gasteiger partial charge on any atom is -0.315 e. The molecule has 2 unspecified atom stereocenters. The monoisotopic (exact) mass is 210 g/mol. The summed E-state index contributed by atoms with van der Waals surface area (Å²) in [6, 6.07) is 0. The average Bonchev–Trinajstić information content (AvgIpc) is 2.02. The van der Waals surface area contributed by atoms with Crippen molar-refractivity contribution in [1.82, 2.24) is 0 Å². The zero-order valence-electron chi connectivity index (χ0n) is 7.79. The summed E-state index contributed by atoms with van der Waals surface area (Å²) in [5, 5.41) is 0. The molecule has 0 amide bonds. The second kappa shape index (κ2) is 8.10. The van der Waals surface area contributed by atoms with E-state index in [0.29, 0.717) is 15.4 Å². The summed E-state index contributed by atoms with van der Waals surface area (Å²) in [5.74, 6) is 0. The van der Waals surface area contributed by atoms with Crippen molar-refractivity contribution in [3.8, 4) is 0 Å². The maximum absolute atomic E-state index is 5.31. The molecule has 12 heavy (non-hydrogen) atoms. The van der Waals surface area contributed by atoms with Gasteiger partial charge in [-0.05, 0) is 20.0 Å². The van der Waals surface area contributed by atoms with Crippen molar-refractivity contribution in [3.05, 3.63) is 12.2 Å². The molecule has 0 heterocycles. The first-order valence-corrected chi connectivity index (χ1v) is 6.16. The third-order valence-electron chi connectivity index (χ3n) is 1.04. The molecule has 2 atom stereocenters. The Kier molecular flexibility index (Phi) is 8.42. The maximum Gasteiger partial charge on any atom is 0.335 e. The second-order valence-electron chi connectivity index (χ2n) is 2.24. The molecule has 0 aromatic rings. The quantitative estimate of drug-likeness (QED) is 0.477. The SMILES string of the molecule is C=C(C)CCOP(OC)OPC. The molecule has 0 saturated heterocycles. The summed E-state index contributed by atoms with van der Waals surface area (Å²) in [6.45, 7) is 8.31. The van der Waals surface area contributed by atoms with E-state index in [2.05, 4.69) is 6.58 Å². The van der Waals surface area contributed by atoms with Gasteiger partial charge in [0.25, 0.3) is 0 Å². The van der Waals surface area contributed by atoms with Crippen LogP contribution < -0.4 is 0 Å². The lowest BCUT2D eigenvalue weighted by Gasteiger charge is -2.12. The van der Waals surface area contributed by atoms with Gasteiger partial charge in [0.15, 0.2) is 0 Å². The van der Waals surface area contributed by atoms with E-state index in [1.54, 1.807) is 7.11 Å². The lowest BCUT2D eigenvalue weighted by Crippen LogP contribution is -1.91. The summed E-state index contributed by atoms with van der Waals surface area (Å²) in [6.07, 6.45) is 0.860. The Labute approximate surface area is 77.3 Å². The molecule has 0 aromatic carbocycles. The molecule has 0 fully saturated rings. The Balaban J connectivity index is 3.37. The van der Waals surface area contributed by atoms with Gasteiger partial charge in [0.05, 0.1) is 6.61 Å². The van der Waals surface area contributed by atoms with Crippen molar-refractivity contribution in [2.75, 3.05) is 20.4 Å². The fourth-order valence-corrected chi connectivity index (χ4v) is 1.94. The van der Waals surface area contributed by atoms with Gasteiger partial charge in [-0.15, -0.1) is 6.58 Å². The lowest BCUT2D eigenvalue weighted by molar-refractivity contribution is 0.244. The maximum atomic E-state index is 5.31. The Bertz CT molecular complexity index is 130. The molecule has 0 spiro atoms. The standard InChI is InChI=1S/C7H16O3P2/c1-7(2)5-6-9-12(8-3)10-11-4/h11H,1,5-6H2,2-4H3. The topological polar surface area (TPSA) is 27.7 Å². The molecule has 0 aromatic heterocycles. The summed E-state index contributed by atoms with van der Waals surface area (Å²) < 4.78 is 15.5. The average molecular weight is 210 g/mol. The summed E-state index contributed by atoms with van der Waals surface area (Å²) in [4.78, 5) is 0. The van der Waals surface area contributed by atoms with Crippen LogP contribution in [0.5, 0.6) is 0 Å². The molecule has 72 valence electrons. The van der Waals surface area contributed by atoms with E-state index in [-0.39, 0.29) is 0 Å². The molecule has 3 nitrogen and oxygen atoms in total. The normalized spacial score (nSPS) is 13.9. The molecule has 0 aliphatic rings. The van der Waals surface area contributed by atoms with Crippen LogP contribution in [-0.4, -0.2) is 20.4 Å². The van der Waals surface area contributed by atoms with Crippen LogP contribution >= 0.6 is 17.4 Å².